The van der Waals surface area contributed by atoms with Gasteiger partial charge in [-0.1, -0.05) is 6.58 Å². The lowest BCUT2D eigenvalue weighted by Gasteiger charge is -2.33. The van der Waals surface area contributed by atoms with Gasteiger partial charge in [0, 0.05) is 12.3 Å². The molecule has 7 N–H and O–H groups in total. The van der Waals surface area contributed by atoms with Gasteiger partial charge in [-0.15, -0.1) is 0 Å². The van der Waals surface area contributed by atoms with E-state index in [1.165, 1.54) is 6.20 Å². The van der Waals surface area contributed by atoms with Crippen molar-refractivity contribution < 1.29 is 66.2 Å². The molecule has 0 aliphatic carbocycles. The van der Waals surface area contributed by atoms with Gasteiger partial charge in [0.15, 0.2) is 6.23 Å². The maximum atomic E-state index is 11.8. The maximum absolute atomic E-state index is 11.8. The highest BCUT2D eigenvalue weighted by atomic mass is 31.3. The topological polar surface area (TPSA) is 242 Å². The van der Waals surface area contributed by atoms with Gasteiger partial charge in [-0.3, -0.25) is 9.32 Å². The molecule has 0 spiro atoms. The van der Waals surface area contributed by atoms with Gasteiger partial charge in [-0.2, -0.15) is 8.62 Å². The molecule has 16 nitrogen and oxygen atoms in total. The van der Waals surface area contributed by atoms with Crippen LogP contribution >= 0.6 is 23.5 Å². The Balaban J connectivity index is 2.08. The van der Waals surface area contributed by atoms with Crippen LogP contribution in [-0.2, 0) is 36.4 Å². The van der Waals surface area contributed by atoms with Crippen LogP contribution in [0.4, 0.5) is 0 Å². The quantitative estimate of drug-likeness (QED) is 0.191. The van der Waals surface area contributed by atoms with Gasteiger partial charge in [0.2, 0.25) is 0 Å². The van der Waals surface area contributed by atoms with E-state index in [0.29, 0.717) is 0 Å². The molecule has 2 aliphatic heterocycles. The minimum atomic E-state index is -5.72. The van der Waals surface area contributed by atoms with Crippen molar-refractivity contribution in [2.75, 3.05) is 6.61 Å². The Morgan fingerprint density at radius 3 is 2.33 bits per heavy atom. The summed E-state index contributed by atoms with van der Waals surface area (Å²) in [7, 11) is -16.7. The third-order valence-electron chi connectivity index (χ3n) is 3.80. The second kappa shape index (κ2) is 8.52. The molecule has 0 aromatic heterocycles. The van der Waals surface area contributed by atoms with Gasteiger partial charge in [-0.05, 0) is 6.92 Å². The van der Waals surface area contributed by atoms with Crippen molar-refractivity contribution in [2.45, 2.75) is 31.0 Å². The van der Waals surface area contributed by atoms with Crippen LogP contribution in [0.3, 0.4) is 0 Å². The van der Waals surface area contributed by atoms with E-state index >= 15 is 0 Å². The van der Waals surface area contributed by atoms with E-state index < -0.39 is 60.0 Å². The van der Waals surface area contributed by atoms with Crippen molar-refractivity contribution in [1.82, 2.24) is 10.2 Å². The van der Waals surface area contributed by atoms with Crippen molar-refractivity contribution in [1.29, 1.82) is 0 Å². The maximum Gasteiger partial charge on any atom is 0.490 e. The monoisotopic (exact) mass is 496 g/mol. The van der Waals surface area contributed by atoms with E-state index in [1.54, 1.807) is 0 Å². The lowest BCUT2D eigenvalue weighted by atomic mass is 9.98. The summed E-state index contributed by atoms with van der Waals surface area (Å²) in [6.45, 7) is 3.71. The highest BCUT2D eigenvalue weighted by Crippen LogP contribution is 2.66. The van der Waals surface area contributed by atoms with Crippen molar-refractivity contribution in [3.63, 3.8) is 0 Å². The Labute approximate surface area is 168 Å². The fraction of sp³-hybridized carbons (Fsp3) is 0.545. The molecule has 2 aliphatic rings. The molecule has 1 saturated heterocycles. The van der Waals surface area contributed by atoms with E-state index in [-0.39, 0.29) is 5.82 Å². The number of carbonyl (C=O) groups excluding carboxylic acids is 1. The number of nitrogens with zero attached hydrogens (tertiary/aromatic N) is 1. The summed E-state index contributed by atoms with van der Waals surface area (Å²) in [5, 5.41) is 22.9. The molecule has 172 valence electrons. The molecule has 30 heavy (non-hydrogen) atoms. The molecule has 6 atom stereocenters. The number of rotatable bonds is 8. The molecule has 0 saturated carbocycles. The van der Waals surface area contributed by atoms with Gasteiger partial charge in [0.05, 0.1) is 6.61 Å². The van der Waals surface area contributed by atoms with E-state index in [1.807, 2.05) is 0 Å². The average Bonchev–Trinajstić information content (AvgIpc) is 2.75. The predicted molar refractivity (Wildman–Crippen MR) is 93.4 cm³/mol. The summed E-state index contributed by atoms with van der Waals surface area (Å²) in [6.07, 6.45) is -2.39. The van der Waals surface area contributed by atoms with Crippen LogP contribution in [0.5, 0.6) is 0 Å². The van der Waals surface area contributed by atoms with Gasteiger partial charge < -0.3 is 44.7 Å². The highest BCUT2D eigenvalue weighted by molar-refractivity contribution is 7.66. The third kappa shape index (κ3) is 6.28. The summed E-state index contributed by atoms with van der Waals surface area (Å²) in [4.78, 5) is 48.1. The predicted octanol–water partition coefficient (Wildman–Crippen LogP) is -1.42. The molecule has 3 unspecified atom stereocenters. The summed E-state index contributed by atoms with van der Waals surface area (Å²) < 4.78 is 50.9. The summed E-state index contributed by atoms with van der Waals surface area (Å²) in [5.74, 6) is -0.504. The number of hydrogen-bond acceptors (Lipinski definition) is 11. The molecule has 0 aromatic carbocycles. The Morgan fingerprint density at radius 2 is 1.80 bits per heavy atom. The number of ether oxygens (including phenoxy) is 1. The summed E-state index contributed by atoms with van der Waals surface area (Å²) in [5.41, 5.74) is -1.88. The standard InChI is InChI=1S/C11H19N2O14P3/c1-6-12-7(14)3-4-13(6)10-8(15)9(16)11(2,25-10)5-24-29(20,21)27-30(22,23)26-28(17,18)19/h3-4,8-10,15-16H,1,5H2,2H3,(H,12,14)(H,20,21)(H,22,23)(H2,17,18,19)/t8?,9-,10-,11-/m1/s1. The van der Waals surface area contributed by atoms with Crippen LogP contribution < -0.4 is 5.32 Å². The van der Waals surface area contributed by atoms with Crippen LogP contribution in [0.1, 0.15) is 6.92 Å². The van der Waals surface area contributed by atoms with Crippen LogP contribution in [-0.4, -0.2) is 71.2 Å². The Kier molecular flexibility index (Phi) is 7.19. The molecule has 1 fully saturated rings. The first kappa shape index (κ1) is 25.3. The molecule has 2 heterocycles. The number of amides is 1. The van der Waals surface area contributed by atoms with E-state index in [9.17, 15) is 33.6 Å². The van der Waals surface area contributed by atoms with Gasteiger partial charge in [0.1, 0.15) is 23.6 Å². The summed E-state index contributed by atoms with van der Waals surface area (Å²) in [6, 6.07) is 0. The van der Waals surface area contributed by atoms with Gasteiger partial charge in [0.25, 0.3) is 5.91 Å². The van der Waals surface area contributed by atoms with E-state index in [4.69, 9.17) is 19.4 Å². The lowest BCUT2D eigenvalue weighted by Crippen LogP contribution is -2.46. The second-order valence-corrected chi connectivity index (χ2v) is 10.7. The van der Waals surface area contributed by atoms with Crippen molar-refractivity contribution in [3.8, 4) is 0 Å². The smallest absolute Gasteiger partial charge is 0.387 e. The fourth-order valence-corrected chi connectivity index (χ4v) is 5.63. The lowest BCUT2D eigenvalue weighted by molar-refractivity contribution is -0.128. The van der Waals surface area contributed by atoms with Gasteiger partial charge in [-0.25, -0.2) is 13.7 Å². The van der Waals surface area contributed by atoms with Crippen LogP contribution in [0.2, 0.25) is 0 Å². The molecular formula is C11H19N2O14P3. The Bertz CT molecular complexity index is 886. The SMILES string of the molecule is C=C1NC(=O)C=CN1[C@@H]1O[C@](C)(COP(=O)(O)OP(=O)(O)OP(=O)(O)O)[C@H](O)C1O. The first-order valence-corrected chi connectivity index (χ1v) is 12.3. The zero-order valence-electron chi connectivity index (χ0n) is 15.0. The number of phosphoric ester groups is 1. The Morgan fingerprint density at radius 1 is 1.20 bits per heavy atom. The largest absolute Gasteiger partial charge is 0.490 e. The normalized spacial score (nSPS) is 33.8. The fourth-order valence-electron chi connectivity index (χ4n) is 2.51. The molecule has 1 amide bonds. The second-order valence-electron chi connectivity index (χ2n) is 6.28. The van der Waals surface area contributed by atoms with E-state index in [2.05, 4.69) is 25.0 Å². The number of nitrogens with one attached hydrogen (secondary N) is 1. The number of aliphatic hydroxyl groups is 2. The van der Waals surface area contributed by atoms with E-state index in [0.717, 1.165) is 17.9 Å². The molecule has 0 bridgehead atoms. The van der Waals surface area contributed by atoms with Gasteiger partial charge >= 0.3 is 23.5 Å². The van der Waals surface area contributed by atoms with Crippen molar-refractivity contribution >= 4 is 29.4 Å². The molecular weight excluding hydrogens is 477 g/mol. The Hall–Kier alpha value is -0.960. The van der Waals surface area contributed by atoms with Crippen molar-refractivity contribution in [3.05, 3.63) is 24.7 Å². The molecule has 19 heteroatoms. The first-order valence-electron chi connectivity index (χ1n) is 7.73. The minimum absolute atomic E-state index is 0.00381. The number of aliphatic hydroxyl groups excluding tert-OH is 2. The minimum Gasteiger partial charge on any atom is -0.387 e. The number of hydrogen-bond donors (Lipinski definition) is 7. The third-order valence-corrected chi connectivity index (χ3v) is 7.58. The van der Waals surface area contributed by atoms with Crippen LogP contribution in [0.25, 0.3) is 0 Å². The molecule has 0 aromatic rings. The zero-order chi connectivity index (χ0) is 23.1. The average molecular weight is 496 g/mol. The first-order chi connectivity index (χ1) is 13.4. The summed E-state index contributed by atoms with van der Waals surface area (Å²) >= 11 is 0. The molecule has 2 rings (SSSR count). The number of carbonyl (C=O) groups is 1. The zero-order valence-corrected chi connectivity index (χ0v) is 17.7. The van der Waals surface area contributed by atoms with Crippen LogP contribution in [0, 0.1) is 0 Å². The highest BCUT2D eigenvalue weighted by Gasteiger charge is 2.55. The number of phosphoric acid groups is 3. The molecule has 0 radical (unpaired) electrons. The van der Waals surface area contributed by atoms with Crippen LogP contribution in [0.15, 0.2) is 24.7 Å². The van der Waals surface area contributed by atoms with Crippen molar-refractivity contribution in [2.24, 2.45) is 0 Å².